The third kappa shape index (κ3) is 4.10. The molecule has 78 valence electrons. The van der Waals surface area contributed by atoms with Gasteiger partial charge in [-0.2, -0.15) is 0 Å². The molecule has 1 aliphatic rings. The predicted molar refractivity (Wildman–Crippen MR) is 55.7 cm³/mol. The Balaban J connectivity index is 2.21. The van der Waals surface area contributed by atoms with Crippen molar-refractivity contribution in [1.82, 2.24) is 5.32 Å². The second-order valence-electron chi connectivity index (χ2n) is 4.59. The van der Waals surface area contributed by atoms with Crippen LogP contribution in [0, 0.1) is 5.92 Å². The number of rotatable bonds is 5. The molecule has 1 aliphatic carbocycles. The summed E-state index contributed by atoms with van der Waals surface area (Å²) >= 11 is 0. The molecule has 0 amide bonds. The third-order valence-electron chi connectivity index (χ3n) is 2.88. The van der Waals surface area contributed by atoms with Crippen LogP contribution in [0.2, 0.25) is 0 Å². The molecular weight excluding hydrogens is 162 g/mol. The summed E-state index contributed by atoms with van der Waals surface area (Å²) in [5.41, 5.74) is 0. The van der Waals surface area contributed by atoms with Gasteiger partial charge in [-0.3, -0.25) is 0 Å². The zero-order chi connectivity index (χ0) is 9.68. The van der Waals surface area contributed by atoms with Gasteiger partial charge in [0.15, 0.2) is 0 Å². The number of hydrogen-bond donors (Lipinski definition) is 2. The molecule has 2 heteroatoms. The van der Waals surface area contributed by atoms with Crippen LogP contribution in [0.4, 0.5) is 0 Å². The van der Waals surface area contributed by atoms with Crippen LogP contribution >= 0.6 is 0 Å². The van der Waals surface area contributed by atoms with Crippen molar-refractivity contribution in [1.29, 1.82) is 0 Å². The highest BCUT2D eigenvalue weighted by atomic mass is 16.3. The number of aliphatic hydroxyl groups excluding tert-OH is 1. The van der Waals surface area contributed by atoms with E-state index >= 15 is 0 Å². The van der Waals surface area contributed by atoms with Gasteiger partial charge in [-0.1, -0.05) is 39.5 Å². The molecule has 1 saturated carbocycles. The Labute approximate surface area is 81.7 Å². The van der Waals surface area contributed by atoms with Crippen LogP contribution in [0.5, 0.6) is 0 Å². The molecule has 0 bridgehead atoms. The van der Waals surface area contributed by atoms with Crippen LogP contribution in [0.1, 0.15) is 46.0 Å². The summed E-state index contributed by atoms with van der Waals surface area (Å²) < 4.78 is 0. The molecule has 1 rings (SSSR count). The molecule has 0 spiro atoms. The molecule has 0 aliphatic heterocycles. The van der Waals surface area contributed by atoms with E-state index in [0.717, 1.165) is 12.3 Å². The van der Waals surface area contributed by atoms with Crippen molar-refractivity contribution in [2.45, 2.75) is 58.0 Å². The summed E-state index contributed by atoms with van der Waals surface area (Å²) in [7, 11) is 0. The van der Waals surface area contributed by atoms with E-state index in [4.69, 9.17) is 0 Å². The first-order valence-corrected chi connectivity index (χ1v) is 5.59. The van der Waals surface area contributed by atoms with Gasteiger partial charge in [0.05, 0.1) is 6.61 Å². The van der Waals surface area contributed by atoms with Crippen LogP contribution < -0.4 is 5.32 Å². The molecule has 2 N–H and O–H groups in total. The smallest absolute Gasteiger partial charge is 0.0584 e. The fourth-order valence-electron chi connectivity index (χ4n) is 2.32. The molecule has 0 heterocycles. The minimum absolute atomic E-state index is 0.286. The van der Waals surface area contributed by atoms with Gasteiger partial charge in [-0.05, 0) is 12.3 Å². The molecule has 1 atom stereocenters. The van der Waals surface area contributed by atoms with Gasteiger partial charge in [-0.15, -0.1) is 0 Å². The topological polar surface area (TPSA) is 32.3 Å². The standard InChI is InChI=1S/C11H23NO/c1-9(2)12-11(8-13)7-10-5-3-4-6-10/h9-13H,3-8H2,1-2H3. The van der Waals surface area contributed by atoms with Crippen molar-refractivity contribution in [3.63, 3.8) is 0 Å². The second-order valence-corrected chi connectivity index (χ2v) is 4.59. The largest absolute Gasteiger partial charge is 0.395 e. The van der Waals surface area contributed by atoms with Crippen molar-refractivity contribution in [3.05, 3.63) is 0 Å². The van der Waals surface area contributed by atoms with Crippen molar-refractivity contribution in [2.24, 2.45) is 5.92 Å². The van der Waals surface area contributed by atoms with E-state index in [1.54, 1.807) is 0 Å². The van der Waals surface area contributed by atoms with Crippen LogP contribution in [-0.4, -0.2) is 23.8 Å². The van der Waals surface area contributed by atoms with E-state index in [-0.39, 0.29) is 6.61 Å². The molecule has 1 fully saturated rings. The van der Waals surface area contributed by atoms with Crippen molar-refractivity contribution in [3.8, 4) is 0 Å². The van der Waals surface area contributed by atoms with Crippen molar-refractivity contribution in [2.75, 3.05) is 6.61 Å². The highest BCUT2D eigenvalue weighted by Gasteiger charge is 2.19. The van der Waals surface area contributed by atoms with E-state index < -0.39 is 0 Å². The van der Waals surface area contributed by atoms with Gasteiger partial charge >= 0.3 is 0 Å². The normalized spacial score (nSPS) is 21.2. The Morgan fingerprint density at radius 2 is 1.92 bits per heavy atom. The maximum atomic E-state index is 9.17. The van der Waals surface area contributed by atoms with Gasteiger partial charge < -0.3 is 10.4 Å². The van der Waals surface area contributed by atoms with Gasteiger partial charge in [0.25, 0.3) is 0 Å². The lowest BCUT2D eigenvalue weighted by Gasteiger charge is -2.22. The summed E-state index contributed by atoms with van der Waals surface area (Å²) in [6.07, 6.45) is 6.69. The van der Waals surface area contributed by atoms with E-state index in [1.165, 1.54) is 25.7 Å². The summed E-state index contributed by atoms with van der Waals surface area (Å²) in [4.78, 5) is 0. The van der Waals surface area contributed by atoms with Crippen molar-refractivity contribution < 1.29 is 5.11 Å². The van der Waals surface area contributed by atoms with E-state index in [9.17, 15) is 5.11 Å². The lowest BCUT2D eigenvalue weighted by atomic mass is 9.98. The molecule has 0 radical (unpaired) electrons. The molecule has 0 aromatic carbocycles. The van der Waals surface area contributed by atoms with E-state index in [0.29, 0.717) is 12.1 Å². The first kappa shape index (κ1) is 11.0. The highest BCUT2D eigenvalue weighted by molar-refractivity contribution is 4.76. The molecule has 0 aromatic rings. The Bertz CT molecular complexity index is 130. The van der Waals surface area contributed by atoms with Crippen LogP contribution in [0.15, 0.2) is 0 Å². The predicted octanol–water partition coefficient (Wildman–Crippen LogP) is 1.93. The average molecular weight is 185 g/mol. The monoisotopic (exact) mass is 185 g/mol. The maximum Gasteiger partial charge on any atom is 0.0584 e. The zero-order valence-electron chi connectivity index (χ0n) is 8.92. The minimum atomic E-state index is 0.286. The SMILES string of the molecule is CC(C)NC(CO)CC1CCCC1. The summed E-state index contributed by atoms with van der Waals surface area (Å²) in [5, 5.41) is 12.6. The van der Waals surface area contributed by atoms with Crippen molar-refractivity contribution >= 4 is 0 Å². The number of aliphatic hydroxyl groups is 1. The summed E-state index contributed by atoms with van der Waals surface area (Å²) in [5.74, 6) is 0.864. The Kier molecular flexibility index (Phi) is 4.74. The molecule has 13 heavy (non-hydrogen) atoms. The molecule has 0 saturated heterocycles. The Hall–Kier alpha value is -0.0800. The molecular formula is C11H23NO. The van der Waals surface area contributed by atoms with E-state index in [2.05, 4.69) is 19.2 Å². The third-order valence-corrected chi connectivity index (χ3v) is 2.88. The molecule has 1 unspecified atom stereocenters. The lowest BCUT2D eigenvalue weighted by molar-refractivity contribution is 0.212. The van der Waals surface area contributed by atoms with Crippen LogP contribution in [0.3, 0.4) is 0 Å². The zero-order valence-corrected chi connectivity index (χ0v) is 8.92. The molecule has 0 aromatic heterocycles. The summed E-state index contributed by atoms with van der Waals surface area (Å²) in [6, 6.07) is 0.807. The first-order chi connectivity index (χ1) is 6.22. The lowest BCUT2D eigenvalue weighted by Crippen LogP contribution is -2.38. The van der Waals surface area contributed by atoms with Gasteiger partial charge in [-0.25, -0.2) is 0 Å². The summed E-state index contributed by atoms with van der Waals surface area (Å²) in [6.45, 7) is 4.56. The quantitative estimate of drug-likeness (QED) is 0.686. The maximum absolute atomic E-state index is 9.17. The molecule has 2 nitrogen and oxygen atoms in total. The van der Waals surface area contributed by atoms with Gasteiger partial charge in [0.2, 0.25) is 0 Å². The van der Waals surface area contributed by atoms with E-state index in [1.807, 2.05) is 0 Å². The fourth-order valence-corrected chi connectivity index (χ4v) is 2.32. The fraction of sp³-hybridized carbons (Fsp3) is 1.00. The number of nitrogens with one attached hydrogen (secondary N) is 1. The van der Waals surface area contributed by atoms with Gasteiger partial charge in [0, 0.05) is 12.1 Å². The Morgan fingerprint density at radius 1 is 1.31 bits per heavy atom. The Morgan fingerprint density at radius 3 is 2.38 bits per heavy atom. The first-order valence-electron chi connectivity index (χ1n) is 5.59. The number of hydrogen-bond acceptors (Lipinski definition) is 2. The minimum Gasteiger partial charge on any atom is -0.395 e. The highest BCUT2D eigenvalue weighted by Crippen LogP contribution is 2.28. The van der Waals surface area contributed by atoms with Crippen LogP contribution in [-0.2, 0) is 0 Å². The van der Waals surface area contributed by atoms with Crippen LogP contribution in [0.25, 0.3) is 0 Å². The van der Waals surface area contributed by atoms with Gasteiger partial charge in [0.1, 0.15) is 0 Å². The average Bonchev–Trinajstić information content (AvgIpc) is 2.55. The second kappa shape index (κ2) is 5.61.